The Hall–Kier alpha value is -1.58. The van der Waals surface area contributed by atoms with Crippen LogP contribution in [-0.2, 0) is 11.2 Å². The van der Waals surface area contributed by atoms with Gasteiger partial charge in [0, 0.05) is 4.47 Å². The second kappa shape index (κ2) is 8.16. The standard InChI is InChI=1S/C13H13BrN4O2S2/c1-2-11-17-18-13(22-11)16-12(21)15-10(19)7-20-9-5-3-8(14)4-6-9/h3-6H,2,7H2,1H3,(H2,15,16,18,19,21). The molecule has 1 amide bonds. The zero-order chi connectivity index (χ0) is 15.9. The molecule has 0 saturated carbocycles. The third kappa shape index (κ3) is 5.32. The van der Waals surface area contributed by atoms with Crippen LogP contribution in [0.4, 0.5) is 5.13 Å². The maximum atomic E-state index is 11.7. The summed E-state index contributed by atoms with van der Waals surface area (Å²) in [7, 11) is 0. The van der Waals surface area contributed by atoms with E-state index in [1.165, 1.54) is 11.3 Å². The normalized spacial score (nSPS) is 10.1. The van der Waals surface area contributed by atoms with Crippen LogP contribution in [0.1, 0.15) is 11.9 Å². The highest BCUT2D eigenvalue weighted by atomic mass is 79.9. The minimum absolute atomic E-state index is 0.125. The van der Waals surface area contributed by atoms with Crippen LogP contribution in [0.5, 0.6) is 5.75 Å². The monoisotopic (exact) mass is 400 g/mol. The number of benzene rings is 1. The first-order chi connectivity index (χ1) is 10.6. The Labute approximate surface area is 145 Å². The van der Waals surface area contributed by atoms with Gasteiger partial charge in [-0.3, -0.25) is 10.1 Å². The van der Waals surface area contributed by atoms with Crippen molar-refractivity contribution in [1.29, 1.82) is 0 Å². The first-order valence-corrected chi connectivity index (χ1v) is 8.40. The molecule has 0 bridgehead atoms. The lowest BCUT2D eigenvalue weighted by Gasteiger charge is -2.08. The molecule has 0 aliphatic carbocycles. The number of nitrogens with one attached hydrogen (secondary N) is 2. The summed E-state index contributed by atoms with van der Waals surface area (Å²) in [5.74, 6) is 0.259. The number of halogens is 1. The van der Waals surface area contributed by atoms with Gasteiger partial charge in [-0.05, 0) is 42.9 Å². The first-order valence-electron chi connectivity index (χ1n) is 6.38. The highest BCUT2D eigenvalue weighted by Crippen LogP contribution is 2.16. The smallest absolute Gasteiger partial charge is 0.264 e. The van der Waals surface area contributed by atoms with Gasteiger partial charge in [-0.1, -0.05) is 34.2 Å². The summed E-state index contributed by atoms with van der Waals surface area (Å²) in [5.41, 5.74) is 0. The van der Waals surface area contributed by atoms with Crippen molar-refractivity contribution >= 4 is 55.6 Å². The van der Waals surface area contributed by atoms with Gasteiger partial charge in [0.15, 0.2) is 11.7 Å². The molecule has 2 N–H and O–H groups in total. The average molecular weight is 401 g/mol. The molecular formula is C13H13BrN4O2S2. The molecule has 2 aromatic rings. The number of carbonyl (C=O) groups is 1. The van der Waals surface area contributed by atoms with E-state index in [1.807, 2.05) is 19.1 Å². The van der Waals surface area contributed by atoms with E-state index in [1.54, 1.807) is 12.1 Å². The molecule has 0 atom stereocenters. The fourth-order valence-corrected chi connectivity index (χ4v) is 2.64. The van der Waals surface area contributed by atoms with E-state index in [9.17, 15) is 4.79 Å². The van der Waals surface area contributed by atoms with Crippen LogP contribution in [0.3, 0.4) is 0 Å². The fraction of sp³-hybridized carbons (Fsp3) is 0.231. The summed E-state index contributed by atoms with van der Waals surface area (Å²) in [5, 5.41) is 14.8. The van der Waals surface area contributed by atoms with E-state index >= 15 is 0 Å². The van der Waals surface area contributed by atoms with Gasteiger partial charge in [-0.15, -0.1) is 10.2 Å². The van der Waals surface area contributed by atoms with Crippen molar-refractivity contribution in [2.24, 2.45) is 0 Å². The van der Waals surface area contributed by atoms with Crippen LogP contribution in [0, 0.1) is 0 Å². The van der Waals surface area contributed by atoms with E-state index in [2.05, 4.69) is 36.8 Å². The molecule has 9 heteroatoms. The Kier molecular flexibility index (Phi) is 6.22. The van der Waals surface area contributed by atoms with E-state index < -0.39 is 0 Å². The summed E-state index contributed by atoms with van der Waals surface area (Å²) in [4.78, 5) is 11.7. The number of rotatable bonds is 5. The van der Waals surface area contributed by atoms with Crippen molar-refractivity contribution in [3.05, 3.63) is 33.7 Å². The molecule has 0 radical (unpaired) electrons. The van der Waals surface area contributed by atoms with Gasteiger partial charge in [0.05, 0.1) is 0 Å². The van der Waals surface area contributed by atoms with Crippen molar-refractivity contribution < 1.29 is 9.53 Å². The summed E-state index contributed by atoms with van der Waals surface area (Å²) in [6.45, 7) is 1.86. The van der Waals surface area contributed by atoms with Crippen molar-refractivity contribution in [1.82, 2.24) is 15.5 Å². The van der Waals surface area contributed by atoms with E-state index in [4.69, 9.17) is 17.0 Å². The Balaban J connectivity index is 1.76. The predicted molar refractivity (Wildman–Crippen MR) is 93.3 cm³/mol. The molecule has 0 spiro atoms. The zero-order valence-corrected chi connectivity index (χ0v) is 14.8. The third-order valence-electron chi connectivity index (χ3n) is 2.43. The predicted octanol–water partition coefficient (Wildman–Crippen LogP) is 2.76. The number of hydrogen-bond donors (Lipinski definition) is 2. The summed E-state index contributed by atoms with van der Waals surface area (Å²) >= 11 is 9.76. The lowest BCUT2D eigenvalue weighted by atomic mass is 10.3. The molecule has 6 nitrogen and oxygen atoms in total. The van der Waals surface area contributed by atoms with Crippen LogP contribution in [0.2, 0.25) is 0 Å². The van der Waals surface area contributed by atoms with Crippen molar-refractivity contribution in [3.63, 3.8) is 0 Å². The molecule has 0 aliphatic heterocycles. The van der Waals surface area contributed by atoms with Crippen molar-refractivity contribution in [3.8, 4) is 5.75 Å². The lowest BCUT2D eigenvalue weighted by molar-refractivity contribution is -0.121. The fourth-order valence-electron chi connectivity index (χ4n) is 1.42. The van der Waals surface area contributed by atoms with Crippen LogP contribution < -0.4 is 15.4 Å². The molecule has 1 aromatic carbocycles. The SMILES string of the molecule is CCc1nnc(NC(=S)NC(=O)COc2ccc(Br)cc2)s1. The molecule has 2 rings (SSSR count). The van der Waals surface area contributed by atoms with Crippen LogP contribution in [-0.4, -0.2) is 27.8 Å². The second-order valence-electron chi connectivity index (χ2n) is 4.10. The van der Waals surface area contributed by atoms with Gasteiger partial charge in [0.2, 0.25) is 5.13 Å². The molecule has 0 aliphatic rings. The van der Waals surface area contributed by atoms with Crippen LogP contribution >= 0.6 is 39.5 Å². The van der Waals surface area contributed by atoms with E-state index in [-0.39, 0.29) is 17.6 Å². The van der Waals surface area contributed by atoms with E-state index in [0.717, 1.165) is 15.9 Å². The van der Waals surface area contributed by atoms with Crippen molar-refractivity contribution in [2.45, 2.75) is 13.3 Å². The van der Waals surface area contributed by atoms with Gasteiger partial charge in [0.1, 0.15) is 10.8 Å². The Morgan fingerprint density at radius 2 is 2.09 bits per heavy atom. The minimum atomic E-state index is -0.347. The van der Waals surface area contributed by atoms with Crippen LogP contribution in [0.25, 0.3) is 0 Å². The van der Waals surface area contributed by atoms with Crippen molar-refractivity contribution in [2.75, 3.05) is 11.9 Å². The largest absolute Gasteiger partial charge is 0.484 e. The Morgan fingerprint density at radius 1 is 1.36 bits per heavy atom. The van der Waals surface area contributed by atoms with Gasteiger partial charge >= 0.3 is 0 Å². The highest BCUT2D eigenvalue weighted by Gasteiger charge is 2.08. The number of amides is 1. The van der Waals surface area contributed by atoms with Gasteiger partial charge < -0.3 is 10.1 Å². The summed E-state index contributed by atoms with van der Waals surface area (Å²) < 4.78 is 6.29. The third-order valence-corrected chi connectivity index (χ3v) is 4.14. The number of anilines is 1. The van der Waals surface area contributed by atoms with Gasteiger partial charge in [-0.25, -0.2) is 0 Å². The Bertz CT molecular complexity index is 660. The zero-order valence-electron chi connectivity index (χ0n) is 11.6. The summed E-state index contributed by atoms with van der Waals surface area (Å²) in [6, 6.07) is 7.20. The first kappa shape index (κ1) is 16.8. The maximum absolute atomic E-state index is 11.7. The Morgan fingerprint density at radius 3 is 2.73 bits per heavy atom. The second-order valence-corrected chi connectivity index (χ2v) is 6.49. The molecule has 22 heavy (non-hydrogen) atoms. The van der Waals surface area contributed by atoms with Gasteiger partial charge in [-0.2, -0.15) is 0 Å². The van der Waals surface area contributed by atoms with Crippen LogP contribution in [0.15, 0.2) is 28.7 Å². The molecule has 0 unspecified atom stereocenters. The average Bonchev–Trinajstić information content (AvgIpc) is 2.94. The summed E-state index contributed by atoms with van der Waals surface area (Å²) in [6.07, 6.45) is 0.805. The lowest BCUT2D eigenvalue weighted by Crippen LogP contribution is -2.37. The quantitative estimate of drug-likeness (QED) is 0.751. The molecule has 0 saturated heterocycles. The number of aryl methyl sites for hydroxylation is 1. The minimum Gasteiger partial charge on any atom is -0.484 e. The number of hydrogen-bond acceptors (Lipinski definition) is 6. The maximum Gasteiger partial charge on any atom is 0.264 e. The molecule has 0 fully saturated rings. The topological polar surface area (TPSA) is 76.1 Å². The number of aromatic nitrogens is 2. The van der Waals surface area contributed by atoms with Gasteiger partial charge in [0.25, 0.3) is 5.91 Å². The molecule has 116 valence electrons. The number of ether oxygens (including phenoxy) is 1. The molecule has 1 heterocycles. The number of nitrogens with zero attached hydrogens (tertiary/aromatic N) is 2. The number of thiocarbonyl (C=S) groups is 1. The molecular weight excluding hydrogens is 388 g/mol. The highest BCUT2D eigenvalue weighted by molar-refractivity contribution is 9.10. The number of carbonyl (C=O) groups excluding carboxylic acids is 1. The molecule has 1 aromatic heterocycles. The van der Waals surface area contributed by atoms with E-state index in [0.29, 0.717) is 10.9 Å².